The van der Waals surface area contributed by atoms with E-state index < -0.39 is 0 Å². The van der Waals surface area contributed by atoms with Crippen molar-refractivity contribution in [3.05, 3.63) is 77.5 Å². The predicted molar refractivity (Wildman–Crippen MR) is 121 cm³/mol. The molecule has 1 aliphatic rings. The quantitative estimate of drug-likeness (QED) is 0.606. The van der Waals surface area contributed by atoms with Gasteiger partial charge in [-0.3, -0.25) is 9.69 Å². The van der Waals surface area contributed by atoms with E-state index in [0.29, 0.717) is 17.4 Å². The Morgan fingerprint density at radius 1 is 1.03 bits per heavy atom. The number of carbonyl (C=O) groups excluding carboxylic acids is 1. The number of rotatable bonds is 6. The topological polar surface area (TPSA) is 58.1 Å². The van der Waals surface area contributed by atoms with Gasteiger partial charge in [-0.2, -0.15) is 0 Å². The monoisotopic (exact) mass is 400 g/mol. The van der Waals surface area contributed by atoms with Gasteiger partial charge in [0.2, 0.25) is 0 Å². The molecule has 154 valence electrons. The fourth-order valence-electron chi connectivity index (χ4n) is 3.94. The van der Waals surface area contributed by atoms with Crippen LogP contribution in [0.25, 0.3) is 11.4 Å². The third kappa shape index (κ3) is 5.10. The first-order chi connectivity index (χ1) is 14.6. The first kappa shape index (κ1) is 20.2. The Labute approximate surface area is 178 Å². The summed E-state index contributed by atoms with van der Waals surface area (Å²) in [7, 11) is 0. The van der Waals surface area contributed by atoms with Gasteiger partial charge < -0.3 is 5.32 Å². The summed E-state index contributed by atoms with van der Waals surface area (Å²) in [6.45, 7) is 6.71. The first-order valence-corrected chi connectivity index (χ1v) is 10.6. The molecule has 1 aromatic heterocycles. The molecule has 0 unspecified atom stereocenters. The standard InChI is InChI=1S/C25H28N4O/c1-18-15-24(28-25(26-18)22-10-6-9-21(16-22)19(2)30)27-23-11-13-29(14-12-23)17-20-7-4-3-5-8-20/h3-10,15-16,23H,11-14,17H2,1-2H3,(H,26,27,28). The van der Waals surface area contributed by atoms with Crippen LogP contribution in [0.3, 0.4) is 0 Å². The number of Topliss-reactive ketones (excluding diaryl/α,β-unsaturated/α-hetero) is 1. The molecule has 0 amide bonds. The van der Waals surface area contributed by atoms with Crippen molar-refractivity contribution < 1.29 is 4.79 Å². The minimum Gasteiger partial charge on any atom is -0.367 e. The van der Waals surface area contributed by atoms with Gasteiger partial charge in [0.25, 0.3) is 0 Å². The van der Waals surface area contributed by atoms with Crippen molar-refractivity contribution in [2.24, 2.45) is 0 Å². The SMILES string of the molecule is CC(=O)c1cccc(-c2nc(C)cc(NC3CCN(Cc4ccccc4)CC3)n2)c1. The van der Waals surface area contributed by atoms with Crippen molar-refractivity contribution in [3.8, 4) is 11.4 Å². The number of hydrogen-bond acceptors (Lipinski definition) is 5. The number of benzene rings is 2. The second-order valence-corrected chi connectivity index (χ2v) is 8.04. The molecule has 0 saturated carbocycles. The molecular weight excluding hydrogens is 372 g/mol. The van der Waals surface area contributed by atoms with E-state index in [1.54, 1.807) is 6.92 Å². The molecule has 2 aromatic carbocycles. The molecule has 4 rings (SSSR count). The van der Waals surface area contributed by atoms with Gasteiger partial charge in [-0.25, -0.2) is 9.97 Å². The van der Waals surface area contributed by atoms with Gasteiger partial charge >= 0.3 is 0 Å². The summed E-state index contributed by atoms with van der Waals surface area (Å²) in [5, 5.41) is 3.61. The number of hydrogen-bond donors (Lipinski definition) is 1. The highest BCUT2D eigenvalue weighted by Crippen LogP contribution is 2.22. The van der Waals surface area contributed by atoms with Crippen molar-refractivity contribution in [3.63, 3.8) is 0 Å². The van der Waals surface area contributed by atoms with Crippen LogP contribution in [-0.2, 0) is 6.54 Å². The molecule has 0 bridgehead atoms. The van der Waals surface area contributed by atoms with Crippen molar-refractivity contribution in [2.45, 2.75) is 39.3 Å². The number of nitrogens with zero attached hydrogens (tertiary/aromatic N) is 3. The lowest BCUT2D eigenvalue weighted by Crippen LogP contribution is -2.38. The number of aryl methyl sites for hydroxylation is 1. The molecule has 1 N–H and O–H groups in total. The van der Waals surface area contributed by atoms with E-state index in [2.05, 4.69) is 45.5 Å². The number of anilines is 1. The second kappa shape index (κ2) is 9.18. The molecule has 0 spiro atoms. The number of carbonyl (C=O) groups is 1. The summed E-state index contributed by atoms with van der Waals surface area (Å²) >= 11 is 0. The lowest BCUT2D eigenvalue weighted by Gasteiger charge is -2.32. The minimum atomic E-state index is 0.0464. The third-order valence-corrected chi connectivity index (χ3v) is 5.57. The highest BCUT2D eigenvalue weighted by molar-refractivity contribution is 5.95. The Hall–Kier alpha value is -3.05. The van der Waals surface area contributed by atoms with Crippen LogP contribution in [0.5, 0.6) is 0 Å². The second-order valence-electron chi connectivity index (χ2n) is 8.04. The molecule has 0 atom stereocenters. The summed E-state index contributed by atoms with van der Waals surface area (Å²) in [6.07, 6.45) is 2.18. The Balaban J connectivity index is 1.41. The van der Waals surface area contributed by atoms with Gasteiger partial charge in [0.05, 0.1) is 0 Å². The summed E-state index contributed by atoms with van der Waals surface area (Å²) in [4.78, 5) is 23.5. The summed E-state index contributed by atoms with van der Waals surface area (Å²) in [6, 6.07) is 20.6. The molecular formula is C25H28N4O. The third-order valence-electron chi connectivity index (χ3n) is 5.57. The van der Waals surface area contributed by atoms with Crippen LogP contribution in [-0.4, -0.2) is 39.8 Å². The van der Waals surface area contributed by atoms with E-state index in [1.165, 1.54) is 5.56 Å². The van der Waals surface area contributed by atoms with E-state index >= 15 is 0 Å². The number of ketones is 1. The zero-order valence-corrected chi connectivity index (χ0v) is 17.6. The maximum atomic E-state index is 11.7. The largest absolute Gasteiger partial charge is 0.367 e. The van der Waals surface area contributed by atoms with Gasteiger partial charge in [0, 0.05) is 48.6 Å². The van der Waals surface area contributed by atoms with Crippen LogP contribution in [0.4, 0.5) is 5.82 Å². The van der Waals surface area contributed by atoms with Crippen LogP contribution in [0, 0.1) is 6.92 Å². The smallest absolute Gasteiger partial charge is 0.161 e. The molecule has 0 radical (unpaired) electrons. The van der Waals surface area contributed by atoms with Crippen molar-refractivity contribution in [1.29, 1.82) is 0 Å². The van der Waals surface area contributed by atoms with E-state index in [0.717, 1.165) is 49.6 Å². The average molecular weight is 401 g/mol. The van der Waals surface area contributed by atoms with Crippen LogP contribution in [0.15, 0.2) is 60.7 Å². The van der Waals surface area contributed by atoms with E-state index in [1.807, 2.05) is 37.3 Å². The number of aromatic nitrogens is 2. The molecule has 1 fully saturated rings. The van der Waals surface area contributed by atoms with Gasteiger partial charge in [-0.15, -0.1) is 0 Å². The molecule has 5 heteroatoms. The number of nitrogens with one attached hydrogen (secondary N) is 1. The van der Waals surface area contributed by atoms with Crippen LogP contribution >= 0.6 is 0 Å². The highest BCUT2D eigenvalue weighted by atomic mass is 16.1. The number of likely N-dealkylation sites (tertiary alicyclic amines) is 1. The lowest BCUT2D eigenvalue weighted by atomic mass is 10.0. The van der Waals surface area contributed by atoms with Gasteiger partial charge in [-0.1, -0.05) is 48.5 Å². The summed E-state index contributed by atoms with van der Waals surface area (Å²) in [5.74, 6) is 1.56. The Kier molecular flexibility index (Phi) is 6.19. The van der Waals surface area contributed by atoms with E-state index in [9.17, 15) is 4.79 Å². The summed E-state index contributed by atoms with van der Waals surface area (Å²) in [5.41, 5.74) is 3.83. The molecule has 2 heterocycles. The zero-order valence-electron chi connectivity index (χ0n) is 17.6. The molecule has 5 nitrogen and oxygen atoms in total. The fraction of sp³-hybridized carbons (Fsp3) is 0.320. The van der Waals surface area contributed by atoms with Gasteiger partial charge in [0.15, 0.2) is 11.6 Å². The maximum absolute atomic E-state index is 11.7. The predicted octanol–water partition coefficient (Wildman–Crippen LogP) is 4.73. The molecule has 3 aromatic rings. The van der Waals surface area contributed by atoms with Crippen LogP contribution in [0.2, 0.25) is 0 Å². The van der Waals surface area contributed by atoms with Crippen molar-refractivity contribution >= 4 is 11.6 Å². The van der Waals surface area contributed by atoms with Crippen molar-refractivity contribution in [1.82, 2.24) is 14.9 Å². The van der Waals surface area contributed by atoms with Crippen LogP contribution < -0.4 is 5.32 Å². The zero-order chi connectivity index (χ0) is 20.9. The first-order valence-electron chi connectivity index (χ1n) is 10.6. The van der Waals surface area contributed by atoms with Gasteiger partial charge in [-0.05, 0) is 38.3 Å². The van der Waals surface area contributed by atoms with E-state index in [4.69, 9.17) is 4.98 Å². The molecule has 1 aliphatic heterocycles. The van der Waals surface area contributed by atoms with Crippen LogP contribution in [0.1, 0.15) is 41.4 Å². The van der Waals surface area contributed by atoms with Crippen molar-refractivity contribution in [2.75, 3.05) is 18.4 Å². The summed E-state index contributed by atoms with van der Waals surface area (Å²) < 4.78 is 0. The molecule has 0 aliphatic carbocycles. The Morgan fingerprint density at radius 3 is 2.53 bits per heavy atom. The number of piperidine rings is 1. The minimum absolute atomic E-state index is 0.0464. The lowest BCUT2D eigenvalue weighted by molar-refractivity contribution is 0.101. The maximum Gasteiger partial charge on any atom is 0.161 e. The molecule has 1 saturated heterocycles. The average Bonchev–Trinajstić information content (AvgIpc) is 2.75. The Bertz CT molecular complexity index is 1010. The molecule has 30 heavy (non-hydrogen) atoms. The normalized spacial score (nSPS) is 15.1. The Morgan fingerprint density at radius 2 is 1.80 bits per heavy atom. The van der Waals surface area contributed by atoms with Gasteiger partial charge in [0.1, 0.15) is 5.82 Å². The highest BCUT2D eigenvalue weighted by Gasteiger charge is 2.20. The van der Waals surface area contributed by atoms with E-state index in [-0.39, 0.29) is 5.78 Å². The fourth-order valence-corrected chi connectivity index (χ4v) is 3.94.